The minimum Gasteiger partial charge on any atom is -0.350 e. The second-order valence-electron chi connectivity index (χ2n) is 6.47. The van der Waals surface area contributed by atoms with Gasteiger partial charge in [-0.2, -0.15) is 0 Å². The highest BCUT2D eigenvalue weighted by atomic mass is 16.2. The van der Waals surface area contributed by atoms with Gasteiger partial charge in [0.25, 0.3) is 0 Å². The lowest BCUT2D eigenvalue weighted by atomic mass is 9.84. The lowest BCUT2D eigenvalue weighted by molar-refractivity contribution is -0.124. The molecule has 0 saturated carbocycles. The summed E-state index contributed by atoms with van der Waals surface area (Å²) in [6, 6.07) is 0. The summed E-state index contributed by atoms with van der Waals surface area (Å²) in [5.74, 6) is 1.43. The summed E-state index contributed by atoms with van der Waals surface area (Å²) in [6.45, 7) is 11.8. The second kappa shape index (κ2) is 7.25. The van der Waals surface area contributed by atoms with E-state index in [0.29, 0.717) is 18.4 Å². The summed E-state index contributed by atoms with van der Waals surface area (Å²) in [6.07, 6.45) is 3.23. The first kappa shape index (κ1) is 16.4. The summed E-state index contributed by atoms with van der Waals surface area (Å²) in [5, 5.41) is 3.11. The van der Waals surface area contributed by atoms with E-state index in [9.17, 15) is 4.79 Å². The van der Waals surface area contributed by atoms with Gasteiger partial charge in [0.05, 0.1) is 6.54 Å². The van der Waals surface area contributed by atoms with Crippen molar-refractivity contribution in [3.63, 3.8) is 0 Å². The molecular weight excluding hydrogens is 238 g/mol. The zero-order valence-corrected chi connectivity index (χ0v) is 13.0. The Morgan fingerprint density at radius 3 is 2.58 bits per heavy atom. The number of carbonyl (C=O) groups excluding carboxylic acids is 1. The number of rotatable bonds is 6. The van der Waals surface area contributed by atoms with Crippen LogP contribution in [0.4, 0.5) is 0 Å². The topological polar surface area (TPSA) is 58.4 Å². The molecule has 3 N–H and O–H groups in total. The molecule has 2 unspecified atom stereocenters. The van der Waals surface area contributed by atoms with Gasteiger partial charge in [0.2, 0.25) is 5.91 Å². The summed E-state index contributed by atoms with van der Waals surface area (Å²) < 4.78 is 0. The molecule has 0 aromatic rings. The van der Waals surface area contributed by atoms with Crippen LogP contribution in [0.1, 0.15) is 47.0 Å². The fourth-order valence-electron chi connectivity index (χ4n) is 2.78. The Morgan fingerprint density at radius 1 is 1.37 bits per heavy atom. The highest BCUT2D eigenvalue weighted by molar-refractivity contribution is 5.78. The smallest absolute Gasteiger partial charge is 0.234 e. The van der Waals surface area contributed by atoms with E-state index in [1.54, 1.807) is 0 Å². The van der Waals surface area contributed by atoms with Gasteiger partial charge in [0.15, 0.2) is 0 Å². The number of hydrogen-bond donors (Lipinski definition) is 2. The van der Waals surface area contributed by atoms with Crippen molar-refractivity contribution in [3.05, 3.63) is 0 Å². The molecule has 1 aliphatic heterocycles. The molecule has 4 nitrogen and oxygen atoms in total. The molecule has 0 spiro atoms. The van der Waals surface area contributed by atoms with E-state index >= 15 is 0 Å². The number of piperidine rings is 1. The molecule has 112 valence electrons. The molecule has 4 heteroatoms. The van der Waals surface area contributed by atoms with Crippen LogP contribution in [-0.4, -0.2) is 42.5 Å². The maximum Gasteiger partial charge on any atom is 0.234 e. The van der Waals surface area contributed by atoms with Crippen LogP contribution in [0.5, 0.6) is 0 Å². The maximum absolute atomic E-state index is 12.1. The molecule has 0 radical (unpaired) electrons. The van der Waals surface area contributed by atoms with Crippen LogP contribution < -0.4 is 11.1 Å². The van der Waals surface area contributed by atoms with Crippen LogP contribution in [0.25, 0.3) is 0 Å². The molecule has 1 rings (SSSR count). The van der Waals surface area contributed by atoms with E-state index in [-0.39, 0.29) is 11.4 Å². The highest BCUT2D eigenvalue weighted by Crippen LogP contribution is 2.25. The van der Waals surface area contributed by atoms with Crippen LogP contribution in [0.3, 0.4) is 0 Å². The predicted octanol–water partition coefficient (Wildman–Crippen LogP) is 1.60. The van der Waals surface area contributed by atoms with Gasteiger partial charge in [-0.1, -0.05) is 20.3 Å². The summed E-state index contributed by atoms with van der Waals surface area (Å²) in [7, 11) is 0. The van der Waals surface area contributed by atoms with Crippen LogP contribution in [-0.2, 0) is 4.79 Å². The van der Waals surface area contributed by atoms with Crippen molar-refractivity contribution in [2.45, 2.75) is 52.5 Å². The van der Waals surface area contributed by atoms with Gasteiger partial charge in [0, 0.05) is 12.1 Å². The number of likely N-dealkylation sites (tertiary alicyclic amines) is 1. The monoisotopic (exact) mass is 269 g/mol. The number of amides is 1. The first-order valence-corrected chi connectivity index (χ1v) is 7.65. The molecule has 2 atom stereocenters. The average molecular weight is 269 g/mol. The minimum absolute atomic E-state index is 0.100. The van der Waals surface area contributed by atoms with Gasteiger partial charge in [0.1, 0.15) is 0 Å². The fraction of sp³-hybridized carbons (Fsp3) is 0.933. The van der Waals surface area contributed by atoms with Gasteiger partial charge in [-0.3, -0.25) is 9.69 Å². The Labute approximate surface area is 118 Å². The Kier molecular flexibility index (Phi) is 6.27. The zero-order chi connectivity index (χ0) is 14.5. The third kappa shape index (κ3) is 5.11. The SMILES string of the molecule is CCC1CN(CC(=O)NC(C)(C)CC)CCC1CN. The Bertz CT molecular complexity index is 291. The molecule has 0 aliphatic carbocycles. The molecule has 1 aliphatic rings. The van der Waals surface area contributed by atoms with Crippen LogP contribution in [0, 0.1) is 11.8 Å². The molecular formula is C15H31N3O. The molecule has 1 fully saturated rings. The number of hydrogen-bond acceptors (Lipinski definition) is 3. The normalized spacial score (nSPS) is 25.3. The highest BCUT2D eigenvalue weighted by Gasteiger charge is 2.28. The van der Waals surface area contributed by atoms with E-state index in [0.717, 1.165) is 38.9 Å². The lowest BCUT2D eigenvalue weighted by Gasteiger charge is -2.38. The Balaban J connectivity index is 2.44. The molecule has 1 saturated heterocycles. The van der Waals surface area contributed by atoms with E-state index < -0.39 is 0 Å². The Hall–Kier alpha value is -0.610. The molecule has 0 aromatic heterocycles. The van der Waals surface area contributed by atoms with Crippen molar-refractivity contribution in [2.24, 2.45) is 17.6 Å². The van der Waals surface area contributed by atoms with E-state index in [1.807, 2.05) is 0 Å². The van der Waals surface area contributed by atoms with E-state index in [2.05, 4.69) is 37.9 Å². The summed E-state index contributed by atoms with van der Waals surface area (Å²) in [5.41, 5.74) is 5.72. The first-order chi connectivity index (χ1) is 8.91. The van der Waals surface area contributed by atoms with Gasteiger partial charge in [-0.25, -0.2) is 0 Å². The Morgan fingerprint density at radius 2 is 2.05 bits per heavy atom. The van der Waals surface area contributed by atoms with Crippen molar-refractivity contribution in [1.29, 1.82) is 0 Å². The van der Waals surface area contributed by atoms with Gasteiger partial charge in [-0.15, -0.1) is 0 Å². The number of nitrogens with two attached hydrogens (primary N) is 1. The number of nitrogens with one attached hydrogen (secondary N) is 1. The van der Waals surface area contributed by atoms with E-state index in [4.69, 9.17) is 5.73 Å². The van der Waals surface area contributed by atoms with Gasteiger partial charge < -0.3 is 11.1 Å². The fourth-order valence-corrected chi connectivity index (χ4v) is 2.78. The standard InChI is InChI=1S/C15H31N3O/c1-5-12-10-18(8-7-13(12)9-16)11-14(19)17-15(3,4)6-2/h12-13H,5-11,16H2,1-4H3,(H,17,19). The van der Waals surface area contributed by atoms with Crippen LogP contribution in [0.15, 0.2) is 0 Å². The molecule has 0 aromatic carbocycles. The number of carbonyl (C=O) groups is 1. The van der Waals surface area contributed by atoms with Gasteiger partial charge in [-0.05, 0) is 51.6 Å². The quantitative estimate of drug-likeness (QED) is 0.770. The van der Waals surface area contributed by atoms with Crippen molar-refractivity contribution < 1.29 is 4.79 Å². The number of nitrogens with zero attached hydrogens (tertiary/aromatic N) is 1. The molecule has 1 amide bonds. The zero-order valence-electron chi connectivity index (χ0n) is 13.0. The van der Waals surface area contributed by atoms with Crippen LogP contribution in [0.2, 0.25) is 0 Å². The molecule has 1 heterocycles. The van der Waals surface area contributed by atoms with Crippen LogP contribution >= 0.6 is 0 Å². The van der Waals surface area contributed by atoms with Crippen molar-refractivity contribution >= 4 is 5.91 Å². The minimum atomic E-state index is -0.100. The predicted molar refractivity (Wildman–Crippen MR) is 79.9 cm³/mol. The summed E-state index contributed by atoms with van der Waals surface area (Å²) in [4.78, 5) is 14.3. The lowest BCUT2D eigenvalue weighted by Crippen LogP contribution is -2.50. The molecule has 0 bridgehead atoms. The third-order valence-corrected chi connectivity index (χ3v) is 4.53. The average Bonchev–Trinajstić information content (AvgIpc) is 2.37. The van der Waals surface area contributed by atoms with E-state index in [1.165, 1.54) is 0 Å². The van der Waals surface area contributed by atoms with Crippen molar-refractivity contribution in [1.82, 2.24) is 10.2 Å². The van der Waals surface area contributed by atoms with Gasteiger partial charge >= 0.3 is 0 Å². The van der Waals surface area contributed by atoms with Crippen molar-refractivity contribution in [2.75, 3.05) is 26.2 Å². The summed E-state index contributed by atoms with van der Waals surface area (Å²) >= 11 is 0. The maximum atomic E-state index is 12.1. The third-order valence-electron chi connectivity index (χ3n) is 4.53. The first-order valence-electron chi connectivity index (χ1n) is 7.65. The largest absolute Gasteiger partial charge is 0.350 e. The van der Waals surface area contributed by atoms with Crippen molar-refractivity contribution in [3.8, 4) is 0 Å². The second-order valence-corrected chi connectivity index (χ2v) is 6.47. The molecule has 19 heavy (non-hydrogen) atoms.